The summed E-state index contributed by atoms with van der Waals surface area (Å²) in [6.07, 6.45) is 2.65. The summed E-state index contributed by atoms with van der Waals surface area (Å²) in [4.78, 5) is 36.0. The quantitative estimate of drug-likeness (QED) is 0.176. The van der Waals surface area contributed by atoms with Crippen molar-refractivity contribution >= 4 is 23.9 Å². The summed E-state index contributed by atoms with van der Waals surface area (Å²) in [5.41, 5.74) is 4.94. The third kappa shape index (κ3) is 9.84. The molecule has 0 radical (unpaired) electrons. The van der Waals surface area contributed by atoms with Gasteiger partial charge in [0.1, 0.15) is 5.75 Å². The molecule has 0 saturated heterocycles. The first-order valence-electron chi connectivity index (χ1n) is 12.3. The largest absolute Gasteiger partial charge is 0.493 e. The van der Waals surface area contributed by atoms with Crippen molar-refractivity contribution in [2.24, 2.45) is 5.10 Å². The van der Waals surface area contributed by atoms with Crippen LogP contribution in [0, 0.1) is 0 Å². The number of benzene rings is 3. The predicted octanol–water partition coefficient (Wildman–Crippen LogP) is 2.25. The zero-order valence-electron chi connectivity index (χ0n) is 21.9. The zero-order chi connectivity index (χ0) is 27.9. The Morgan fingerprint density at radius 2 is 1.46 bits per heavy atom. The van der Waals surface area contributed by atoms with Gasteiger partial charge in [-0.1, -0.05) is 36.4 Å². The van der Waals surface area contributed by atoms with Gasteiger partial charge in [0.25, 0.3) is 5.91 Å². The van der Waals surface area contributed by atoms with Gasteiger partial charge in [-0.3, -0.25) is 14.4 Å². The van der Waals surface area contributed by atoms with Crippen LogP contribution in [0.4, 0.5) is 0 Å². The highest BCUT2D eigenvalue weighted by atomic mass is 16.5. The Bertz CT molecular complexity index is 1260. The number of hydrazone groups is 1. The lowest BCUT2D eigenvalue weighted by molar-refractivity contribution is -0.139. The van der Waals surface area contributed by atoms with Gasteiger partial charge in [-0.25, -0.2) is 5.43 Å². The number of hydrogen-bond acceptors (Lipinski definition) is 7. The lowest BCUT2D eigenvalue weighted by Gasteiger charge is -2.10. The van der Waals surface area contributed by atoms with E-state index in [9.17, 15) is 14.4 Å². The van der Waals surface area contributed by atoms with Crippen molar-refractivity contribution in [2.45, 2.75) is 12.8 Å². The Morgan fingerprint density at radius 1 is 0.769 bits per heavy atom. The molecular formula is C29H32N4O6. The summed E-state index contributed by atoms with van der Waals surface area (Å²) in [7, 11) is 3.10. The van der Waals surface area contributed by atoms with Gasteiger partial charge < -0.3 is 24.8 Å². The molecule has 0 heterocycles. The Morgan fingerprint density at radius 3 is 2.18 bits per heavy atom. The molecule has 10 heteroatoms. The van der Waals surface area contributed by atoms with E-state index >= 15 is 0 Å². The molecular weight excluding hydrogens is 500 g/mol. The maximum absolute atomic E-state index is 12.0. The molecule has 0 bridgehead atoms. The van der Waals surface area contributed by atoms with E-state index in [4.69, 9.17) is 14.2 Å². The van der Waals surface area contributed by atoms with Crippen molar-refractivity contribution < 1.29 is 28.6 Å². The number of hydrogen-bond donors (Lipinski definition) is 3. The van der Waals surface area contributed by atoms with Gasteiger partial charge in [-0.2, -0.15) is 5.10 Å². The number of nitrogens with one attached hydrogen (secondary N) is 3. The normalized spacial score (nSPS) is 10.5. The number of amides is 3. The molecule has 0 aliphatic carbocycles. The maximum atomic E-state index is 12.0. The van der Waals surface area contributed by atoms with Gasteiger partial charge in [0.15, 0.2) is 18.1 Å². The van der Waals surface area contributed by atoms with Crippen LogP contribution in [-0.2, 0) is 27.2 Å². The van der Waals surface area contributed by atoms with Gasteiger partial charge in [-0.15, -0.1) is 0 Å². The van der Waals surface area contributed by atoms with E-state index in [1.54, 1.807) is 44.6 Å². The van der Waals surface area contributed by atoms with Crippen molar-refractivity contribution in [3.8, 4) is 17.2 Å². The molecule has 10 nitrogen and oxygen atoms in total. The van der Waals surface area contributed by atoms with Crippen LogP contribution in [-0.4, -0.2) is 57.9 Å². The first-order valence-corrected chi connectivity index (χ1v) is 12.3. The summed E-state index contributed by atoms with van der Waals surface area (Å²) in [6.45, 7) is 0.695. The third-order valence-electron chi connectivity index (χ3n) is 5.56. The van der Waals surface area contributed by atoms with Gasteiger partial charge in [0.2, 0.25) is 0 Å². The average Bonchev–Trinajstić information content (AvgIpc) is 2.97. The molecule has 204 valence electrons. The summed E-state index contributed by atoms with van der Waals surface area (Å²) < 4.78 is 16.0. The lowest BCUT2D eigenvalue weighted by atomic mass is 10.1. The minimum absolute atomic E-state index is 0.0978. The van der Waals surface area contributed by atoms with Crippen LogP contribution in [0.5, 0.6) is 17.2 Å². The van der Waals surface area contributed by atoms with Gasteiger partial charge in [0, 0.05) is 13.1 Å². The van der Waals surface area contributed by atoms with Crippen molar-refractivity contribution in [3.05, 3.63) is 89.5 Å². The summed E-state index contributed by atoms with van der Waals surface area (Å²) in [5, 5.41) is 9.19. The molecule has 0 aliphatic rings. The van der Waals surface area contributed by atoms with Crippen LogP contribution in [0.2, 0.25) is 0 Å². The van der Waals surface area contributed by atoms with E-state index in [0.717, 1.165) is 17.5 Å². The second-order valence-corrected chi connectivity index (χ2v) is 8.34. The Balaban J connectivity index is 1.33. The highest BCUT2D eigenvalue weighted by molar-refractivity contribution is 6.35. The van der Waals surface area contributed by atoms with E-state index in [1.807, 2.05) is 42.5 Å². The summed E-state index contributed by atoms with van der Waals surface area (Å²) in [6, 6.07) is 22.1. The van der Waals surface area contributed by atoms with Crippen LogP contribution < -0.4 is 30.3 Å². The van der Waals surface area contributed by atoms with Crippen LogP contribution in [0.15, 0.2) is 77.9 Å². The molecule has 3 rings (SSSR count). The van der Waals surface area contributed by atoms with Crippen LogP contribution in [0.3, 0.4) is 0 Å². The Hall–Kier alpha value is -4.86. The summed E-state index contributed by atoms with van der Waals surface area (Å²) in [5.74, 6) is -0.157. The fourth-order valence-corrected chi connectivity index (χ4v) is 3.49. The molecule has 3 aromatic rings. The van der Waals surface area contributed by atoms with Gasteiger partial charge in [0.05, 0.1) is 20.4 Å². The van der Waals surface area contributed by atoms with Crippen molar-refractivity contribution in [1.29, 1.82) is 0 Å². The number of ether oxygens (including phenoxy) is 3. The van der Waals surface area contributed by atoms with Crippen LogP contribution in [0.25, 0.3) is 0 Å². The molecule has 3 aromatic carbocycles. The Labute approximate surface area is 227 Å². The molecule has 0 aromatic heterocycles. The fraction of sp³-hybridized carbons (Fsp3) is 0.241. The minimum Gasteiger partial charge on any atom is -0.493 e. The number of carbonyl (C=O) groups excluding carboxylic acids is 3. The first kappa shape index (κ1) is 28.7. The molecule has 3 N–H and O–H groups in total. The summed E-state index contributed by atoms with van der Waals surface area (Å²) >= 11 is 0. The predicted molar refractivity (Wildman–Crippen MR) is 147 cm³/mol. The highest BCUT2D eigenvalue weighted by Crippen LogP contribution is 2.27. The topological polar surface area (TPSA) is 127 Å². The van der Waals surface area contributed by atoms with E-state index in [-0.39, 0.29) is 19.1 Å². The zero-order valence-corrected chi connectivity index (χ0v) is 21.9. The van der Waals surface area contributed by atoms with Crippen molar-refractivity contribution in [2.75, 3.05) is 33.9 Å². The molecule has 0 saturated carbocycles. The van der Waals surface area contributed by atoms with E-state index < -0.39 is 11.8 Å². The van der Waals surface area contributed by atoms with Crippen LogP contribution >= 0.6 is 0 Å². The van der Waals surface area contributed by atoms with E-state index in [0.29, 0.717) is 35.8 Å². The Kier molecular flexibility index (Phi) is 11.3. The SMILES string of the molecule is COc1ccc(CCNC(=O)C(=O)N/N=C\c2ccc(OCC(=O)NCCc3ccccc3)cc2)cc1OC. The first-order chi connectivity index (χ1) is 19.0. The van der Waals surface area contributed by atoms with E-state index in [2.05, 4.69) is 21.2 Å². The van der Waals surface area contributed by atoms with Crippen LogP contribution in [0.1, 0.15) is 16.7 Å². The second kappa shape index (κ2) is 15.4. The molecule has 0 spiro atoms. The number of methoxy groups -OCH3 is 2. The molecule has 0 aliphatic heterocycles. The molecule has 0 atom stereocenters. The smallest absolute Gasteiger partial charge is 0.329 e. The lowest BCUT2D eigenvalue weighted by Crippen LogP contribution is -2.38. The highest BCUT2D eigenvalue weighted by Gasteiger charge is 2.12. The molecule has 0 fully saturated rings. The van der Waals surface area contributed by atoms with Gasteiger partial charge in [-0.05, 0) is 65.9 Å². The monoisotopic (exact) mass is 532 g/mol. The van der Waals surface area contributed by atoms with E-state index in [1.165, 1.54) is 6.21 Å². The van der Waals surface area contributed by atoms with Crippen molar-refractivity contribution in [3.63, 3.8) is 0 Å². The molecule has 3 amide bonds. The minimum atomic E-state index is -0.878. The number of rotatable bonds is 13. The molecule has 39 heavy (non-hydrogen) atoms. The molecule has 0 unspecified atom stereocenters. The number of nitrogens with zero attached hydrogens (tertiary/aromatic N) is 1. The fourth-order valence-electron chi connectivity index (χ4n) is 3.49. The van der Waals surface area contributed by atoms with Crippen molar-refractivity contribution in [1.82, 2.24) is 16.1 Å². The third-order valence-corrected chi connectivity index (χ3v) is 5.56. The standard InChI is InChI=1S/C29H32N4O6/c1-37-25-13-10-22(18-26(25)38-2)15-17-31-28(35)29(36)33-32-19-23-8-11-24(12-9-23)39-20-27(34)30-16-14-21-6-4-3-5-7-21/h3-13,18-19H,14-17,20H2,1-2H3,(H,30,34)(H,31,35)(H,33,36)/b32-19-. The number of carbonyl (C=O) groups is 3. The maximum Gasteiger partial charge on any atom is 0.329 e. The van der Waals surface area contributed by atoms with Gasteiger partial charge >= 0.3 is 11.8 Å². The average molecular weight is 533 g/mol. The second-order valence-electron chi connectivity index (χ2n) is 8.34.